The van der Waals surface area contributed by atoms with Gasteiger partial charge in [0.25, 0.3) is 0 Å². The number of hydrogen-bond donors (Lipinski definition) is 1. The summed E-state index contributed by atoms with van der Waals surface area (Å²) in [5.74, 6) is 0. The lowest BCUT2D eigenvalue weighted by Gasteiger charge is -2.38. The van der Waals surface area contributed by atoms with E-state index in [2.05, 4.69) is 41.1 Å². The van der Waals surface area contributed by atoms with Gasteiger partial charge >= 0.3 is 0 Å². The first kappa shape index (κ1) is 12.9. The van der Waals surface area contributed by atoms with Gasteiger partial charge in [0.2, 0.25) is 0 Å². The van der Waals surface area contributed by atoms with Crippen LogP contribution in [0.15, 0.2) is 41.1 Å². The zero-order valence-electron chi connectivity index (χ0n) is 11.3. The van der Waals surface area contributed by atoms with Gasteiger partial charge in [-0.1, -0.05) is 24.3 Å². The fraction of sp³-hybridized carbons (Fsp3) is 0.412. The van der Waals surface area contributed by atoms with Gasteiger partial charge in [0.1, 0.15) is 0 Å². The van der Waals surface area contributed by atoms with Gasteiger partial charge in [-0.3, -0.25) is 0 Å². The highest BCUT2D eigenvalue weighted by Gasteiger charge is 2.34. The highest BCUT2D eigenvalue weighted by molar-refractivity contribution is 7.07. The Morgan fingerprint density at radius 3 is 2.89 bits per heavy atom. The molecule has 0 amide bonds. The average Bonchev–Trinajstić information content (AvgIpc) is 2.98. The molecular weight excluding hydrogens is 250 g/mol. The molecule has 0 saturated carbocycles. The summed E-state index contributed by atoms with van der Waals surface area (Å²) in [5, 5.41) is 4.43. The van der Waals surface area contributed by atoms with Crippen LogP contribution >= 0.6 is 11.3 Å². The number of fused-ring (bicyclic) bond motifs is 1. The molecule has 1 heterocycles. The molecule has 0 fully saturated rings. The van der Waals surface area contributed by atoms with Crippen LogP contribution in [0.4, 0.5) is 0 Å². The van der Waals surface area contributed by atoms with Crippen LogP contribution in [0.25, 0.3) is 0 Å². The predicted molar refractivity (Wildman–Crippen MR) is 82.8 cm³/mol. The second-order valence-electron chi connectivity index (χ2n) is 5.63. The maximum Gasteiger partial charge on any atom is 0.00815 e. The molecule has 1 aliphatic carbocycles. The topological polar surface area (TPSA) is 26.0 Å². The Bertz CT molecular complexity index is 532. The summed E-state index contributed by atoms with van der Waals surface area (Å²) in [7, 11) is 0. The Morgan fingerprint density at radius 2 is 2.11 bits per heavy atom. The van der Waals surface area contributed by atoms with Crippen molar-refractivity contribution < 1.29 is 0 Å². The molecule has 0 aliphatic heterocycles. The van der Waals surface area contributed by atoms with Crippen LogP contribution in [0.3, 0.4) is 0 Å². The molecule has 2 aromatic rings. The van der Waals surface area contributed by atoms with Crippen molar-refractivity contribution in [1.29, 1.82) is 0 Å². The van der Waals surface area contributed by atoms with Crippen LogP contribution in [0, 0.1) is 0 Å². The van der Waals surface area contributed by atoms with E-state index in [1.807, 2.05) is 0 Å². The molecule has 2 N–H and O–H groups in total. The van der Waals surface area contributed by atoms with Gasteiger partial charge in [0, 0.05) is 12.0 Å². The lowest BCUT2D eigenvalue weighted by molar-refractivity contribution is 0.343. The van der Waals surface area contributed by atoms with Crippen LogP contribution in [0.2, 0.25) is 0 Å². The Morgan fingerprint density at radius 1 is 1.21 bits per heavy atom. The van der Waals surface area contributed by atoms with Gasteiger partial charge in [0.15, 0.2) is 0 Å². The fourth-order valence-corrected chi connectivity index (χ4v) is 4.10. The van der Waals surface area contributed by atoms with Crippen LogP contribution < -0.4 is 5.73 Å². The van der Waals surface area contributed by atoms with Crippen LogP contribution in [0.5, 0.6) is 0 Å². The first-order valence-electron chi connectivity index (χ1n) is 7.14. The second kappa shape index (κ2) is 5.48. The summed E-state index contributed by atoms with van der Waals surface area (Å²) in [6, 6.07) is 11.1. The zero-order chi connectivity index (χ0) is 13.1. The normalized spacial score (nSPS) is 22.2. The third-order valence-electron chi connectivity index (χ3n) is 4.55. The summed E-state index contributed by atoms with van der Waals surface area (Å²) in [6.45, 7) is 0.772. The molecule has 0 bridgehead atoms. The van der Waals surface area contributed by atoms with E-state index in [4.69, 9.17) is 5.73 Å². The van der Waals surface area contributed by atoms with Crippen molar-refractivity contribution in [1.82, 2.24) is 0 Å². The minimum Gasteiger partial charge on any atom is -0.330 e. The van der Waals surface area contributed by atoms with Crippen molar-refractivity contribution in [2.45, 2.75) is 37.5 Å². The van der Waals surface area contributed by atoms with E-state index in [0.29, 0.717) is 0 Å². The summed E-state index contributed by atoms with van der Waals surface area (Å²) in [5.41, 5.74) is 10.9. The molecule has 1 nitrogen and oxygen atoms in total. The molecule has 3 rings (SSSR count). The van der Waals surface area contributed by atoms with E-state index in [9.17, 15) is 0 Å². The van der Waals surface area contributed by atoms with Gasteiger partial charge in [-0.15, -0.1) is 0 Å². The average molecular weight is 271 g/mol. The van der Waals surface area contributed by atoms with E-state index in [-0.39, 0.29) is 5.41 Å². The third-order valence-corrected chi connectivity index (χ3v) is 5.29. The van der Waals surface area contributed by atoms with E-state index in [1.165, 1.54) is 42.4 Å². The van der Waals surface area contributed by atoms with Crippen LogP contribution in [0.1, 0.15) is 36.0 Å². The van der Waals surface area contributed by atoms with Crippen molar-refractivity contribution in [2.24, 2.45) is 5.73 Å². The molecule has 100 valence electrons. The van der Waals surface area contributed by atoms with Gasteiger partial charge in [-0.05, 0) is 65.6 Å². The van der Waals surface area contributed by atoms with Gasteiger partial charge in [0.05, 0.1) is 0 Å². The van der Waals surface area contributed by atoms with Gasteiger partial charge in [-0.25, -0.2) is 0 Å². The van der Waals surface area contributed by atoms with E-state index in [1.54, 1.807) is 11.3 Å². The molecule has 1 unspecified atom stereocenters. The third kappa shape index (κ3) is 2.47. The van der Waals surface area contributed by atoms with Gasteiger partial charge in [-0.2, -0.15) is 11.3 Å². The Labute approximate surface area is 119 Å². The smallest absolute Gasteiger partial charge is 0.00815 e. The molecule has 0 spiro atoms. The number of nitrogens with two attached hydrogens (primary N) is 1. The Balaban J connectivity index is 1.87. The van der Waals surface area contributed by atoms with Crippen molar-refractivity contribution in [2.75, 3.05) is 6.54 Å². The maximum absolute atomic E-state index is 6.20. The molecule has 19 heavy (non-hydrogen) atoms. The van der Waals surface area contributed by atoms with E-state index >= 15 is 0 Å². The maximum atomic E-state index is 6.20. The lowest BCUT2D eigenvalue weighted by Crippen LogP contribution is -2.39. The van der Waals surface area contributed by atoms with Crippen LogP contribution in [-0.2, 0) is 18.3 Å². The van der Waals surface area contributed by atoms with Crippen molar-refractivity contribution in [3.8, 4) is 0 Å². The second-order valence-corrected chi connectivity index (χ2v) is 6.41. The Kier molecular flexibility index (Phi) is 3.72. The lowest BCUT2D eigenvalue weighted by atomic mass is 9.67. The minimum atomic E-state index is 0.205. The monoisotopic (exact) mass is 271 g/mol. The number of benzene rings is 1. The molecule has 1 aromatic carbocycles. The van der Waals surface area contributed by atoms with Crippen molar-refractivity contribution in [3.63, 3.8) is 0 Å². The first-order valence-corrected chi connectivity index (χ1v) is 8.08. The summed E-state index contributed by atoms with van der Waals surface area (Å²) < 4.78 is 0. The highest BCUT2D eigenvalue weighted by atomic mass is 32.1. The largest absolute Gasteiger partial charge is 0.330 e. The first-order chi connectivity index (χ1) is 9.34. The SMILES string of the molecule is NCC1(CCc2ccsc2)CCCc2ccccc21. The zero-order valence-corrected chi connectivity index (χ0v) is 12.1. The summed E-state index contributed by atoms with van der Waals surface area (Å²) in [4.78, 5) is 0. The number of aryl methyl sites for hydroxylation is 2. The Hall–Kier alpha value is -1.12. The van der Waals surface area contributed by atoms with E-state index < -0.39 is 0 Å². The molecule has 1 aliphatic rings. The van der Waals surface area contributed by atoms with Crippen LogP contribution in [-0.4, -0.2) is 6.54 Å². The summed E-state index contributed by atoms with van der Waals surface area (Å²) >= 11 is 1.79. The van der Waals surface area contributed by atoms with Gasteiger partial charge < -0.3 is 5.73 Å². The summed E-state index contributed by atoms with van der Waals surface area (Å²) in [6.07, 6.45) is 6.06. The predicted octanol–water partition coefficient (Wildman–Crippen LogP) is 3.91. The molecule has 1 atom stereocenters. The molecule has 0 saturated heterocycles. The van der Waals surface area contributed by atoms with E-state index in [0.717, 1.165) is 13.0 Å². The van der Waals surface area contributed by atoms with Crippen molar-refractivity contribution in [3.05, 3.63) is 57.8 Å². The quantitative estimate of drug-likeness (QED) is 0.896. The molecule has 1 aromatic heterocycles. The standard InChI is InChI=1S/C17H21NS/c18-13-17(10-7-14-8-11-19-12-14)9-3-5-15-4-1-2-6-16(15)17/h1-2,4,6,8,11-12H,3,5,7,9-10,13,18H2. The number of thiophene rings is 1. The minimum absolute atomic E-state index is 0.205. The van der Waals surface area contributed by atoms with Crippen molar-refractivity contribution >= 4 is 11.3 Å². The highest BCUT2D eigenvalue weighted by Crippen LogP contribution is 2.40. The molecule has 0 radical (unpaired) electrons. The fourth-order valence-electron chi connectivity index (χ4n) is 3.40. The molecule has 2 heteroatoms. The number of rotatable bonds is 4. The molecular formula is C17H21NS. The number of hydrogen-bond acceptors (Lipinski definition) is 2.